The van der Waals surface area contributed by atoms with E-state index in [2.05, 4.69) is 39.0 Å². The number of hydrogen-bond donors (Lipinski definition) is 1. The second-order valence-corrected chi connectivity index (χ2v) is 7.81. The summed E-state index contributed by atoms with van der Waals surface area (Å²) in [5.74, 6) is -0.0223. The molecule has 140 valence electrons. The lowest BCUT2D eigenvalue weighted by molar-refractivity contribution is -0.120. The van der Waals surface area contributed by atoms with Crippen LogP contribution in [0.25, 0.3) is 5.69 Å². The highest BCUT2D eigenvalue weighted by Crippen LogP contribution is 2.24. The van der Waals surface area contributed by atoms with E-state index in [4.69, 9.17) is 0 Å². The molecule has 1 heterocycles. The van der Waals surface area contributed by atoms with Crippen LogP contribution in [0.1, 0.15) is 23.6 Å². The van der Waals surface area contributed by atoms with E-state index in [0.717, 1.165) is 23.2 Å². The molecule has 0 saturated carbocycles. The van der Waals surface area contributed by atoms with Gasteiger partial charge in [-0.2, -0.15) is 4.68 Å². The number of thioether (sulfide) groups is 1. The third kappa shape index (κ3) is 5.17. The number of nitrogens with one attached hydrogen (secondary N) is 1. The van der Waals surface area contributed by atoms with Gasteiger partial charge in [0.25, 0.3) is 0 Å². The number of aryl methyl sites for hydroxylation is 2. The Morgan fingerprint density at radius 2 is 1.85 bits per heavy atom. The SMILES string of the molecule is Cc1cc(C)cc(-n2nnnc2S[C@@H](C)C(=O)NCCc2ccccc2)c1. The molecule has 27 heavy (non-hydrogen) atoms. The molecule has 6 nitrogen and oxygen atoms in total. The van der Waals surface area contributed by atoms with Crippen molar-refractivity contribution in [2.75, 3.05) is 6.54 Å². The summed E-state index contributed by atoms with van der Waals surface area (Å²) in [5, 5.41) is 15.2. The Kier molecular flexibility index (Phi) is 6.24. The summed E-state index contributed by atoms with van der Waals surface area (Å²) in [7, 11) is 0. The van der Waals surface area contributed by atoms with Crippen LogP contribution in [-0.2, 0) is 11.2 Å². The number of tetrazole rings is 1. The molecular formula is C20H23N5OS. The summed E-state index contributed by atoms with van der Waals surface area (Å²) in [6.07, 6.45) is 0.810. The van der Waals surface area contributed by atoms with Crippen LogP contribution in [0, 0.1) is 13.8 Å². The number of rotatable bonds is 7. The minimum Gasteiger partial charge on any atom is -0.355 e. The van der Waals surface area contributed by atoms with E-state index in [1.165, 1.54) is 17.3 Å². The Hall–Kier alpha value is -2.67. The maximum absolute atomic E-state index is 12.4. The van der Waals surface area contributed by atoms with Crippen molar-refractivity contribution in [2.24, 2.45) is 0 Å². The minimum absolute atomic E-state index is 0.0223. The van der Waals surface area contributed by atoms with Crippen LogP contribution in [0.2, 0.25) is 0 Å². The van der Waals surface area contributed by atoms with Crippen LogP contribution >= 0.6 is 11.8 Å². The zero-order valence-electron chi connectivity index (χ0n) is 15.7. The van der Waals surface area contributed by atoms with E-state index in [-0.39, 0.29) is 11.2 Å². The molecule has 2 aromatic carbocycles. The molecule has 0 aliphatic rings. The Labute approximate surface area is 163 Å². The second-order valence-electron chi connectivity index (χ2n) is 6.51. The largest absolute Gasteiger partial charge is 0.355 e. The lowest BCUT2D eigenvalue weighted by Crippen LogP contribution is -2.32. The third-order valence-corrected chi connectivity index (χ3v) is 5.13. The van der Waals surface area contributed by atoms with Crippen LogP contribution in [0.3, 0.4) is 0 Å². The van der Waals surface area contributed by atoms with Gasteiger partial charge in [-0.1, -0.05) is 48.2 Å². The fourth-order valence-electron chi connectivity index (χ4n) is 2.82. The molecule has 7 heteroatoms. The fourth-order valence-corrected chi connectivity index (χ4v) is 3.65. The summed E-state index contributed by atoms with van der Waals surface area (Å²) in [5.41, 5.74) is 4.39. The summed E-state index contributed by atoms with van der Waals surface area (Å²) in [6.45, 7) is 6.55. The summed E-state index contributed by atoms with van der Waals surface area (Å²) in [6, 6.07) is 16.3. The normalized spacial score (nSPS) is 12.0. The average molecular weight is 382 g/mol. The minimum atomic E-state index is -0.295. The maximum atomic E-state index is 12.4. The number of aromatic nitrogens is 4. The number of nitrogens with zero attached hydrogens (tertiary/aromatic N) is 4. The second kappa shape index (κ2) is 8.81. The number of benzene rings is 2. The first-order valence-electron chi connectivity index (χ1n) is 8.88. The third-order valence-electron chi connectivity index (χ3n) is 4.10. The molecule has 0 saturated heterocycles. The van der Waals surface area contributed by atoms with Crippen molar-refractivity contribution >= 4 is 17.7 Å². The van der Waals surface area contributed by atoms with Gasteiger partial charge in [0.1, 0.15) is 0 Å². The quantitative estimate of drug-likeness (QED) is 0.637. The molecule has 3 rings (SSSR count). The Bertz CT molecular complexity index is 889. The zero-order valence-corrected chi connectivity index (χ0v) is 16.5. The molecule has 0 spiro atoms. The lowest BCUT2D eigenvalue weighted by atomic mass is 10.1. The first kappa shape index (κ1) is 19.1. The zero-order chi connectivity index (χ0) is 19.2. The molecule has 0 aliphatic carbocycles. The first-order chi connectivity index (χ1) is 13.0. The van der Waals surface area contributed by atoms with Crippen molar-refractivity contribution in [3.63, 3.8) is 0 Å². The van der Waals surface area contributed by atoms with Crippen molar-refractivity contribution in [3.05, 3.63) is 65.2 Å². The van der Waals surface area contributed by atoms with Gasteiger partial charge in [0, 0.05) is 6.54 Å². The van der Waals surface area contributed by atoms with Crippen molar-refractivity contribution in [3.8, 4) is 5.69 Å². The van der Waals surface area contributed by atoms with E-state index < -0.39 is 0 Å². The first-order valence-corrected chi connectivity index (χ1v) is 9.76. The number of carbonyl (C=O) groups is 1. The van der Waals surface area contributed by atoms with Gasteiger partial charge >= 0.3 is 0 Å². The van der Waals surface area contributed by atoms with E-state index in [1.54, 1.807) is 4.68 Å². The van der Waals surface area contributed by atoms with Crippen molar-refractivity contribution in [2.45, 2.75) is 37.6 Å². The standard InChI is InChI=1S/C20H23N5OS/c1-14-11-15(2)13-18(12-14)25-20(22-23-24-25)27-16(3)19(26)21-10-9-17-7-5-4-6-8-17/h4-8,11-13,16H,9-10H2,1-3H3,(H,21,26)/t16-/m0/s1. The van der Waals surface area contributed by atoms with Gasteiger partial charge in [0.15, 0.2) is 0 Å². The molecule has 1 aromatic heterocycles. The maximum Gasteiger partial charge on any atom is 0.233 e. The molecule has 1 atom stereocenters. The highest BCUT2D eigenvalue weighted by atomic mass is 32.2. The van der Waals surface area contributed by atoms with Crippen molar-refractivity contribution < 1.29 is 4.79 Å². The molecule has 0 radical (unpaired) electrons. The van der Waals surface area contributed by atoms with Crippen LogP contribution in [-0.4, -0.2) is 37.9 Å². The topological polar surface area (TPSA) is 72.7 Å². The van der Waals surface area contributed by atoms with Crippen LogP contribution in [0.5, 0.6) is 0 Å². The van der Waals surface area contributed by atoms with Gasteiger partial charge in [-0.25, -0.2) is 0 Å². The van der Waals surface area contributed by atoms with Gasteiger partial charge < -0.3 is 5.32 Å². The van der Waals surface area contributed by atoms with Gasteiger partial charge in [0.05, 0.1) is 10.9 Å². The molecule has 0 bridgehead atoms. The Morgan fingerprint density at radius 3 is 2.56 bits per heavy atom. The van der Waals surface area contributed by atoms with E-state index in [0.29, 0.717) is 11.7 Å². The van der Waals surface area contributed by atoms with Gasteiger partial charge in [-0.05, 0) is 66.4 Å². The number of hydrogen-bond acceptors (Lipinski definition) is 5. The van der Waals surface area contributed by atoms with Gasteiger partial charge in [0.2, 0.25) is 11.1 Å². The highest BCUT2D eigenvalue weighted by Gasteiger charge is 2.19. The van der Waals surface area contributed by atoms with Gasteiger partial charge in [-0.3, -0.25) is 4.79 Å². The molecule has 0 fully saturated rings. The predicted octanol–water partition coefficient (Wildman–Crippen LogP) is 3.12. The van der Waals surface area contributed by atoms with E-state index in [1.807, 2.05) is 51.1 Å². The number of carbonyl (C=O) groups excluding carboxylic acids is 1. The molecule has 1 amide bonds. The lowest BCUT2D eigenvalue weighted by Gasteiger charge is -2.12. The van der Waals surface area contributed by atoms with Gasteiger partial charge in [-0.15, -0.1) is 5.10 Å². The predicted molar refractivity (Wildman–Crippen MR) is 107 cm³/mol. The molecular weight excluding hydrogens is 358 g/mol. The highest BCUT2D eigenvalue weighted by molar-refractivity contribution is 8.00. The van der Waals surface area contributed by atoms with Crippen molar-refractivity contribution in [1.82, 2.24) is 25.5 Å². The Balaban J connectivity index is 1.60. The summed E-state index contributed by atoms with van der Waals surface area (Å²) >= 11 is 1.35. The fraction of sp³-hybridized carbons (Fsp3) is 0.300. The van der Waals surface area contributed by atoms with Crippen LogP contribution < -0.4 is 5.32 Å². The molecule has 0 unspecified atom stereocenters. The van der Waals surface area contributed by atoms with Crippen LogP contribution in [0.15, 0.2) is 53.7 Å². The molecule has 3 aromatic rings. The molecule has 1 N–H and O–H groups in total. The monoisotopic (exact) mass is 381 g/mol. The van der Waals surface area contributed by atoms with E-state index >= 15 is 0 Å². The molecule has 0 aliphatic heterocycles. The summed E-state index contributed by atoms with van der Waals surface area (Å²) < 4.78 is 1.68. The van der Waals surface area contributed by atoms with E-state index in [9.17, 15) is 4.79 Å². The average Bonchev–Trinajstić information content (AvgIpc) is 3.10. The summed E-state index contributed by atoms with van der Waals surface area (Å²) in [4.78, 5) is 12.4. The Morgan fingerprint density at radius 1 is 1.15 bits per heavy atom. The van der Waals surface area contributed by atoms with Crippen LogP contribution in [0.4, 0.5) is 0 Å². The van der Waals surface area contributed by atoms with Crippen molar-refractivity contribution in [1.29, 1.82) is 0 Å². The number of amides is 1. The smallest absolute Gasteiger partial charge is 0.233 e.